The highest BCUT2D eigenvalue weighted by molar-refractivity contribution is 7.18. The third-order valence-electron chi connectivity index (χ3n) is 7.41. The number of hydrogen-bond acceptors (Lipinski definition) is 6. The standard InChI is InChI=1S/C23H31F3N4OS/c1-2-3-19(16-4-8-31-9-5-16)30-13-22(14-30)6-7-29(12-22)20-18-10-17(11-23(24,25)26)32-21(18)28-15-27-20/h10,15-16,19H,2-9,11-14H2,1H3. The van der Waals surface area contributed by atoms with Crippen molar-refractivity contribution in [3.8, 4) is 0 Å². The number of anilines is 1. The molecule has 0 radical (unpaired) electrons. The van der Waals surface area contributed by atoms with Crippen molar-refractivity contribution in [2.75, 3.05) is 44.3 Å². The second-order valence-electron chi connectivity index (χ2n) is 9.80. The average Bonchev–Trinajstić information content (AvgIpc) is 3.34. The molecule has 0 bridgehead atoms. The van der Waals surface area contributed by atoms with Gasteiger partial charge in [-0.15, -0.1) is 11.3 Å². The number of halogens is 3. The Morgan fingerprint density at radius 2 is 2.00 bits per heavy atom. The smallest absolute Gasteiger partial charge is 0.381 e. The number of fused-ring (bicyclic) bond motifs is 1. The van der Waals surface area contributed by atoms with E-state index in [1.54, 1.807) is 6.07 Å². The van der Waals surface area contributed by atoms with Gasteiger partial charge in [-0.1, -0.05) is 13.3 Å². The normalized spacial score (nSPS) is 23.2. The van der Waals surface area contributed by atoms with Crippen LogP contribution < -0.4 is 4.90 Å². The van der Waals surface area contributed by atoms with E-state index in [-0.39, 0.29) is 5.41 Å². The Morgan fingerprint density at radius 3 is 2.72 bits per heavy atom. The molecule has 32 heavy (non-hydrogen) atoms. The Labute approximate surface area is 191 Å². The predicted octanol–water partition coefficient (Wildman–Crippen LogP) is 4.90. The highest BCUT2D eigenvalue weighted by Crippen LogP contribution is 2.45. The molecule has 5 rings (SSSR count). The van der Waals surface area contributed by atoms with Gasteiger partial charge in [0.15, 0.2) is 0 Å². The fourth-order valence-electron chi connectivity index (χ4n) is 5.97. The van der Waals surface area contributed by atoms with E-state index < -0.39 is 12.6 Å². The molecule has 0 aliphatic carbocycles. The molecule has 2 aromatic rings. The molecule has 3 aliphatic heterocycles. The Balaban J connectivity index is 1.27. The number of hydrogen-bond donors (Lipinski definition) is 0. The minimum atomic E-state index is -4.21. The molecule has 9 heteroatoms. The molecule has 3 fully saturated rings. The molecule has 1 unspecified atom stereocenters. The topological polar surface area (TPSA) is 41.5 Å². The lowest BCUT2D eigenvalue weighted by Crippen LogP contribution is -2.62. The van der Waals surface area contributed by atoms with Crippen LogP contribution in [0.2, 0.25) is 0 Å². The molecule has 5 nitrogen and oxygen atoms in total. The molecule has 0 aromatic carbocycles. The van der Waals surface area contributed by atoms with Crippen molar-refractivity contribution in [3.05, 3.63) is 17.3 Å². The summed E-state index contributed by atoms with van der Waals surface area (Å²) < 4.78 is 44.2. The van der Waals surface area contributed by atoms with Crippen LogP contribution >= 0.6 is 11.3 Å². The molecule has 0 amide bonds. The minimum absolute atomic E-state index is 0.277. The van der Waals surface area contributed by atoms with Gasteiger partial charge >= 0.3 is 6.18 Å². The lowest BCUT2D eigenvalue weighted by Gasteiger charge is -2.54. The van der Waals surface area contributed by atoms with Crippen LogP contribution in [-0.2, 0) is 11.2 Å². The van der Waals surface area contributed by atoms with E-state index in [9.17, 15) is 13.2 Å². The maximum Gasteiger partial charge on any atom is 0.393 e. The highest BCUT2D eigenvalue weighted by Gasteiger charge is 2.50. The van der Waals surface area contributed by atoms with Gasteiger partial charge in [-0.3, -0.25) is 4.90 Å². The molecular weight excluding hydrogens is 437 g/mol. The van der Waals surface area contributed by atoms with Gasteiger partial charge in [0.1, 0.15) is 17.0 Å². The quantitative estimate of drug-likeness (QED) is 0.603. The average molecular weight is 469 g/mol. The van der Waals surface area contributed by atoms with Gasteiger partial charge in [0.05, 0.1) is 11.8 Å². The first-order chi connectivity index (χ1) is 15.4. The van der Waals surface area contributed by atoms with E-state index >= 15 is 0 Å². The van der Waals surface area contributed by atoms with Gasteiger partial charge in [-0.05, 0) is 37.7 Å². The van der Waals surface area contributed by atoms with Crippen LogP contribution in [0.5, 0.6) is 0 Å². The second-order valence-corrected chi connectivity index (χ2v) is 10.9. The van der Waals surface area contributed by atoms with Crippen LogP contribution in [0.25, 0.3) is 10.2 Å². The van der Waals surface area contributed by atoms with E-state index in [2.05, 4.69) is 26.7 Å². The van der Waals surface area contributed by atoms with Gasteiger partial charge in [-0.2, -0.15) is 13.2 Å². The molecule has 1 spiro atoms. The van der Waals surface area contributed by atoms with E-state index in [1.807, 2.05) is 0 Å². The number of nitrogens with zero attached hydrogens (tertiary/aromatic N) is 4. The molecule has 3 aliphatic rings. The fourth-order valence-corrected chi connectivity index (χ4v) is 6.99. The highest BCUT2D eigenvalue weighted by atomic mass is 32.1. The summed E-state index contributed by atoms with van der Waals surface area (Å²) in [5, 5.41) is 0.760. The second kappa shape index (κ2) is 8.72. The van der Waals surface area contributed by atoms with E-state index in [4.69, 9.17) is 4.74 Å². The van der Waals surface area contributed by atoms with Crippen molar-refractivity contribution in [2.45, 2.75) is 57.7 Å². The zero-order chi connectivity index (χ0) is 22.3. The summed E-state index contributed by atoms with van der Waals surface area (Å²) >= 11 is 1.13. The van der Waals surface area contributed by atoms with Crippen LogP contribution in [0, 0.1) is 11.3 Å². The monoisotopic (exact) mass is 468 g/mol. The summed E-state index contributed by atoms with van der Waals surface area (Å²) in [6, 6.07) is 2.29. The van der Waals surface area contributed by atoms with Crippen LogP contribution in [0.15, 0.2) is 12.4 Å². The maximum absolute atomic E-state index is 12.9. The summed E-state index contributed by atoms with van der Waals surface area (Å²) in [5.41, 5.74) is 0.277. The number of ether oxygens (including phenoxy) is 1. The summed E-state index contributed by atoms with van der Waals surface area (Å²) in [7, 11) is 0. The van der Waals surface area contributed by atoms with Crippen molar-refractivity contribution in [3.63, 3.8) is 0 Å². The van der Waals surface area contributed by atoms with Crippen LogP contribution in [-0.4, -0.2) is 66.5 Å². The third kappa shape index (κ3) is 4.48. The van der Waals surface area contributed by atoms with Crippen molar-refractivity contribution in [2.24, 2.45) is 11.3 Å². The predicted molar refractivity (Wildman–Crippen MR) is 120 cm³/mol. The fraction of sp³-hybridized carbons (Fsp3) is 0.739. The first-order valence-corrected chi connectivity index (χ1v) is 12.5. The van der Waals surface area contributed by atoms with Gasteiger partial charge in [0.25, 0.3) is 0 Å². The zero-order valence-corrected chi connectivity index (χ0v) is 19.4. The molecule has 3 saturated heterocycles. The molecule has 176 valence electrons. The van der Waals surface area contributed by atoms with Crippen molar-refractivity contribution < 1.29 is 17.9 Å². The third-order valence-corrected chi connectivity index (χ3v) is 8.46. The first-order valence-electron chi connectivity index (χ1n) is 11.7. The molecule has 1 atom stereocenters. The molecule has 0 saturated carbocycles. The van der Waals surface area contributed by atoms with Gasteiger partial charge in [0, 0.05) is 55.7 Å². The van der Waals surface area contributed by atoms with Gasteiger partial charge in [-0.25, -0.2) is 9.97 Å². The molecular formula is C23H31F3N4OS. The van der Waals surface area contributed by atoms with E-state index in [1.165, 1.54) is 19.2 Å². The zero-order valence-electron chi connectivity index (χ0n) is 18.5. The van der Waals surface area contributed by atoms with Crippen LogP contribution in [0.1, 0.15) is 43.9 Å². The first kappa shape index (κ1) is 22.3. The lowest BCUT2D eigenvalue weighted by molar-refractivity contribution is -0.126. The number of thiophene rings is 1. The number of likely N-dealkylation sites (tertiary alicyclic amines) is 1. The summed E-state index contributed by atoms with van der Waals surface area (Å²) in [5.74, 6) is 1.53. The lowest BCUT2D eigenvalue weighted by atomic mass is 9.75. The molecule has 0 N–H and O–H groups in total. The van der Waals surface area contributed by atoms with Gasteiger partial charge in [0.2, 0.25) is 0 Å². The number of aromatic nitrogens is 2. The van der Waals surface area contributed by atoms with Gasteiger partial charge < -0.3 is 9.64 Å². The molecule has 5 heterocycles. The Bertz CT molecular complexity index is 937. The summed E-state index contributed by atoms with van der Waals surface area (Å²) in [6.07, 6.45) is 2.27. The minimum Gasteiger partial charge on any atom is -0.381 e. The molecule has 2 aromatic heterocycles. The Morgan fingerprint density at radius 1 is 1.22 bits per heavy atom. The van der Waals surface area contributed by atoms with Crippen LogP contribution in [0.4, 0.5) is 19.0 Å². The maximum atomic E-state index is 12.9. The summed E-state index contributed by atoms with van der Waals surface area (Å²) in [4.78, 5) is 14.6. The van der Waals surface area contributed by atoms with E-state index in [0.717, 1.165) is 87.1 Å². The van der Waals surface area contributed by atoms with Crippen LogP contribution in [0.3, 0.4) is 0 Å². The largest absolute Gasteiger partial charge is 0.393 e. The van der Waals surface area contributed by atoms with Crippen molar-refractivity contribution in [1.82, 2.24) is 14.9 Å². The number of alkyl halides is 3. The Hall–Kier alpha value is -1.45. The number of rotatable bonds is 6. The van der Waals surface area contributed by atoms with Crippen molar-refractivity contribution in [1.29, 1.82) is 0 Å². The Kier molecular flexibility index (Phi) is 6.09. The van der Waals surface area contributed by atoms with Crippen molar-refractivity contribution >= 4 is 27.4 Å². The summed E-state index contributed by atoms with van der Waals surface area (Å²) in [6.45, 7) is 8.10. The SMILES string of the molecule is CCCC(C1CCOCC1)N1CC2(CCN(c3ncnc4sc(CC(F)(F)F)cc34)C2)C1. The van der Waals surface area contributed by atoms with E-state index in [0.29, 0.717) is 15.7 Å².